The predicted octanol–water partition coefficient (Wildman–Crippen LogP) is 0.963. The lowest BCUT2D eigenvalue weighted by molar-refractivity contribution is -0.900. The second-order valence-corrected chi connectivity index (χ2v) is 6.56. The van der Waals surface area contributed by atoms with Crippen LogP contribution in [0.1, 0.15) is 17.0 Å². The minimum absolute atomic E-state index is 0.113. The van der Waals surface area contributed by atoms with E-state index in [4.69, 9.17) is 5.11 Å². The first-order chi connectivity index (χ1) is 11.8. The molecule has 0 radical (unpaired) electrons. The third kappa shape index (κ3) is 3.69. The highest BCUT2D eigenvalue weighted by Gasteiger charge is 2.36. The van der Waals surface area contributed by atoms with E-state index >= 15 is 0 Å². The fourth-order valence-electron chi connectivity index (χ4n) is 3.38. The molecule has 1 fully saturated rings. The fourth-order valence-corrected chi connectivity index (χ4v) is 3.38. The number of quaternary nitrogens is 1. The fraction of sp³-hybridized carbons (Fsp3) is 0.529. The molecule has 5 nitrogen and oxygen atoms in total. The first kappa shape index (κ1) is 17.9. The van der Waals surface area contributed by atoms with E-state index in [1.807, 2.05) is 24.0 Å². The molecule has 0 atom stereocenters. The van der Waals surface area contributed by atoms with Crippen LogP contribution in [-0.2, 0) is 6.18 Å². The Balaban J connectivity index is 2.06. The molecule has 0 spiro atoms. The topological polar surface area (TPSA) is 53.7 Å². The van der Waals surface area contributed by atoms with Crippen molar-refractivity contribution in [3.8, 4) is 0 Å². The average Bonchev–Trinajstić information content (AvgIpc) is 2.54. The van der Waals surface area contributed by atoms with E-state index in [0.717, 1.165) is 18.7 Å². The Morgan fingerprint density at radius 1 is 1.16 bits per heavy atom. The largest absolute Gasteiger partial charge is 0.451 e. The first-order valence-electron chi connectivity index (χ1n) is 8.35. The second-order valence-electron chi connectivity index (χ2n) is 6.56. The Bertz CT molecular complexity index is 771. The van der Waals surface area contributed by atoms with E-state index in [1.165, 1.54) is 4.90 Å². The normalized spacial score (nSPS) is 16.6. The van der Waals surface area contributed by atoms with Crippen molar-refractivity contribution in [2.75, 3.05) is 44.2 Å². The Morgan fingerprint density at radius 3 is 2.44 bits per heavy atom. The molecule has 8 heteroatoms. The maximum atomic E-state index is 13.3. The van der Waals surface area contributed by atoms with E-state index in [0.29, 0.717) is 41.9 Å². The minimum atomic E-state index is -4.58. The third-order valence-corrected chi connectivity index (χ3v) is 4.60. The molecular formula is C17H22F3N4O+. The quantitative estimate of drug-likeness (QED) is 0.861. The van der Waals surface area contributed by atoms with E-state index in [1.54, 1.807) is 6.92 Å². The number of rotatable bonds is 3. The summed E-state index contributed by atoms with van der Waals surface area (Å²) in [4.78, 5) is 10.8. The van der Waals surface area contributed by atoms with Crippen LogP contribution in [0, 0.1) is 13.8 Å². The zero-order valence-electron chi connectivity index (χ0n) is 14.3. The summed E-state index contributed by atoms with van der Waals surface area (Å²) in [6, 6.07) is 3.69. The number of halogens is 3. The van der Waals surface area contributed by atoms with Gasteiger partial charge in [-0.1, -0.05) is 6.07 Å². The van der Waals surface area contributed by atoms with Gasteiger partial charge in [-0.2, -0.15) is 13.2 Å². The third-order valence-electron chi connectivity index (χ3n) is 4.60. The number of anilines is 1. The van der Waals surface area contributed by atoms with Crippen LogP contribution in [0.3, 0.4) is 0 Å². The van der Waals surface area contributed by atoms with Gasteiger partial charge in [0, 0.05) is 5.39 Å². The molecule has 25 heavy (non-hydrogen) atoms. The Labute approximate surface area is 144 Å². The monoisotopic (exact) mass is 355 g/mol. The van der Waals surface area contributed by atoms with E-state index in [-0.39, 0.29) is 6.61 Å². The number of aromatic nitrogens is 2. The summed E-state index contributed by atoms with van der Waals surface area (Å²) >= 11 is 0. The number of benzene rings is 1. The molecule has 0 aliphatic carbocycles. The van der Waals surface area contributed by atoms with E-state index in [2.05, 4.69) is 9.97 Å². The van der Waals surface area contributed by atoms with Crippen molar-refractivity contribution < 1.29 is 23.2 Å². The number of aliphatic hydroxyl groups is 1. The molecule has 0 unspecified atom stereocenters. The summed E-state index contributed by atoms with van der Waals surface area (Å²) in [7, 11) is 0. The molecule has 3 rings (SSSR count). The molecule has 1 aliphatic rings. The maximum absolute atomic E-state index is 13.3. The van der Waals surface area contributed by atoms with Crippen LogP contribution in [0.4, 0.5) is 19.0 Å². The molecule has 1 aromatic heterocycles. The van der Waals surface area contributed by atoms with Crippen LogP contribution in [0.2, 0.25) is 0 Å². The standard InChI is InChI=1S/C17H21F3N4O/c1-11-9-12(2)14-13(10-11)15(22-16(21-14)17(18,19)20)24-5-3-23(4-6-24)7-8-25/h9-10,25H,3-8H2,1-2H3/p+1. The number of nitrogens with zero attached hydrogens (tertiary/aromatic N) is 3. The lowest BCUT2D eigenvalue weighted by Gasteiger charge is -2.33. The lowest BCUT2D eigenvalue weighted by atomic mass is 10.1. The first-order valence-corrected chi connectivity index (χ1v) is 8.35. The van der Waals surface area contributed by atoms with Crippen molar-refractivity contribution in [3.05, 3.63) is 29.1 Å². The van der Waals surface area contributed by atoms with Crippen LogP contribution in [0.25, 0.3) is 10.9 Å². The molecule has 2 N–H and O–H groups in total. The molecule has 0 saturated carbocycles. The minimum Gasteiger partial charge on any atom is -0.391 e. The highest BCUT2D eigenvalue weighted by atomic mass is 19.4. The molecular weight excluding hydrogens is 333 g/mol. The molecule has 136 valence electrons. The number of hydrogen-bond donors (Lipinski definition) is 2. The number of fused-ring (bicyclic) bond motifs is 1. The van der Waals surface area contributed by atoms with Gasteiger partial charge in [0.2, 0.25) is 5.82 Å². The van der Waals surface area contributed by atoms with Crippen LogP contribution >= 0.6 is 0 Å². The zero-order chi connectivity index (χ0) is 18.2. The van der Waals surface area contributed by atoms with Gasteiger partial charge >= 0.3 is 6.18 Å². The van der Waals surface area contributed by atoms with Crippen molar-refractivity contribution >= 4 is 16.7 Å². The van der Waals surface area contributed by atoms with Gasteiger partial charge in [0.15, 0.2) is 0 Å². The zero-order valence-corrected chi connectivity index (χ0v) is 14.3. The van der Waals surface area contributed by atoms with Crippen molar-refractivity contribution in [3.63, 3.8) is 0 Å². The molecule has 2 heterocycles. The smallest absolute Gasteiger partial charge is 0.391 e. The molecule has 1 saturated heterocycles. The second kappa shape index (κ2) is 6.76. The summed E-state index contributed by atoms with van der Waals surface area (Å²) in [5.41, 5.74) is 2.04. The van der Waals surface area contributed by atoms with Crippen molar-refractivity contribution in [1.82, 2.24) is 9.97 Å². The predicted molar refractivity (Wildman–Crippen MR) is 88.9 cm³/mol. The van der Waals surface area contributed by atoms with Crippen LogP contribution in [0.15, 0.2) is 12.1 Å². The average molecular weight is 355 g/mol. The molecule has 1 aliphatic heterocycles. The van der Waals surface area contributed by atoms with Crippen molar-refractivity contribution in [2.24, 2.45) is 0 Å². The number of nitrogens with one attached hydrogen (secondary N) is 1. The number of piperazine rings is 1. The Kier molecular flexibility index (Phi) is 4.83. The van der Waals surface area contributed by atoms with Crippen molar-refractivity contribution in [1.29, 1.82) is 0 Å². The Hall–Kier alpha value is -1.93. The highest BCUT2D eigenvalue weighted by molar-refractivity contribution is 5.92. The van der Waals surface area contributed by atoms with Gasteiger partial charge in [-0.05, 0) is 31.0 Å². The summed E-state index contributed by atoms with van der Waals surface area (Å²) in [6.45, 7) is 7.19. The maximum Gasteiger partial charge on any atom is 0.451 e. The van der Waals surface area contributed by atoms with Gasteiger partial charge in [0.1, 0.15) is 12.4 Å². The molecule has 0 bridgehead atoms. The van der Waals surface area contributed by atoms with E-state index in [9.17, 15) is 13.2 Å². The summed E-state index contributed by atoms with van der Waals surface area (Å²) in [5.74, 6) is -0.737. The summed E-state index contributed by atoms with van der Waals surface area (Å²) in [6.07, 6.45) is -4.58. The van der Waals surface area contributed by atoms with Gasteiger partial charge in [-0.25, -0.2) is 9.97 Å². The highest BCUT2D eigenvalue weighted by Crippen LogP contribution is 2.33. The van der Waals surface area contributed by atoms with Gasteiger partial charge < -0.3 is 14.9 Å². The number of alkyl halides is 3. The summed E-state index contributed by atoms with van der Waals surface area (Å²) < 4.78 is 39.8. The molecule has 2 aromatic rings. The molecule has 1 aromatic carbocycles. The number of aliphatic hydroxyl groups excluding tert-OH is 1. The number of hydrogen-bond acceptors (Lipinski definition) is 4. The lowest BCUT2D eigenvalue weighted by Crippen LogP contribution is -3.15. The van der Waals surface area contributed by atoms with Crippen molar-refractivity contribution in [2.45, 2.75) is 20.0 Å². The van der Waals surface area contributed by atoms with Gasteiger partial charge in [0.25, 0.3) is 0 Å². The SMILES string of the molecule is Cc1cc(C)c2nc(C(F)(F)F)nc(N3CC[NH+](CCO)CC3)c2c1. The van der Waals surface area contributed by atoms with Crippen LogP contribution in [-0.4, -0.2) is 54.4 Å². The number of aryl methyl sites for hydroxylation is 2. The summed E-state index contributed by atoms with van der Waals surface area (Å²) in [5, 5.41) is 9.71. The van der Waals surface area contributed by atoms with Gasteiger partial charge in [-0.3, -0.25) is 0 Å². The van der Waals surface area contributed by atoms with Crippen LogP contribution < -0.4 is 9.80 Å². The van der Waals surface area contributed by atoms with E-state index < -0.39 is 12.0 Å². The van der Waals surface area contributed by atoms with Gasteiger partial charge in [-0.15, -0.1) is 0 Å². The van der Waals surface area contributed by atoms with Crippen LogP contribution in [0.5, 0.6) is 0 Å². The Morgan fingerprint density at radius 2 is 1.84 bits per heavy atom. The van der Waals surface area contributed by atoms with Gasteiger partial charge in [0.05, 0.1) is 38.3 Å². The molecule has 0 amide bonds.